The fourth-order valence-corrected chi connectivity index (χ4v) is 7.99. The number of unbranched alkanes of at least 4 members (excludes halogenated alkanes) is 32. The zero-order valence-corrected chi connectivity index (χ0v) is 38.9. The highest BCUT2D eigenvalue weighted by Gasteiger charge is 2.26. The van der Waals surface area contributed by atoms with Gasteiger partial charge in [-0.2, -0.15) is 0 Å². The number of phosphoric acid groups is 1. The minimum Gasteiger partial charge on any atom is -0.462 e. The minimum atomic E-state index is -4.38. The van der Waals surface area contributed by atoms with Crippen LogP contribution in [0.4, 0.5) is 0 Å². The Hall–Kier alpha value is -1.25. The van der Waals surface area contributed by atoms with Crippen molar-refractivity contribution in [3.05, 3.63) is 12.2 Å². The van der Waals surface area contributed by atoms with E-state index in [2.05, 4.69) is 26.0 Å². The van der Waals surface area contributed by atoms with Crippen LogP contribution in [0, 0.1) is 0 Å². The van der Waals surface area contributed by atoms with Crippen molar-refractivity contribution < 1.29 is 37.6 Å². The van der Waals surface area contributed by atoms with Crippen molar-refractivity contribution in [2.45, 2.75) is 258 Å². The Morgan fingerprint density at radius 2 is 0.845 bits per heavy atom. The highest BCUT2D eigenvalue weighted by molar-refractivity contribution is 7.47. The average Bonchev–Trinajstić information content (AvgIpc) is 3.21. The molecule has 0 aliphatic rings. The number of carbonyl (C=O) groups excluding carboxylic acids is 2. The van der Waals surface area contributed by atoms with Crippen LogP contribution in [-0.4, -0.2) is 49.3 Å². The second kappa shape index (κ2) is 45.3. The molecule has 0 amide bonds. The Balaban J connectivity index is 4.04. The number of hydrogen-bond acceptors (Lipinski definition) is 8. The fourth-order valence-electron chi connectivity index (χ4n) is 7.22. The predicted molar refractivity (Wildman–Crippen MR) is 243 cm³/mol. The molecule has 0 heterocycles. The van der Waals surface area contributed by atoms with E-state index in [1.807, 2.05) is 0 Å². The van der Waals surface area contributed by atoms with Crippen molar-refractivity contribution in [3.63, 3.8) is 0 Å². The van der Waals surface area contributed by atoms with Crippen molar-refractivity contribution in [2.24, 2.45) is 5.73 Å². The summed E-state index contributed by atoms with van der Waals surface area (Å²) in [5.41, 5.74) is 5.36. The summed E-state index contributed by atoms with van der Waals surface area (Å²) in [5.74, 6) is -0.815. The van der Waals surface area contributed by atoms with Crippen LogP contribution in [0.2, 0.25) is 0 Å². The molecule has 0 fully saturated rings. The molecule has 10 heteroatoms. The molecule has 0 aliphatic heterocycles. The molecule has 0 spiro atoms. The van der Waals surface area contributed by atoms with Crippen LogP contribution in [0.1, 0.15) is 251 Å². The smallest absolute Gasteiger partial charge is 0.462 e. The highest BCUT2D eigenvalue weighted by Crippen LogP contribution is 2.43. The molecule has 0 bridgehead atoms. The molecule has 0 saturated heterocycles. The van der Waals surface area contributed by atoms with E-state index < -0.39 is 26.5 Å². The van der Waals surface area contributed by atoms with Gasteiger partial charge in [0.05, 0.1) is 13.2 Å². The lowest BCUT2D eigenvalue weighted by Gasteiger charge is -2.19. The summed E-state index contributed by atoms with van der Waals surface area (Å²) in [7, 11) is -4.38. The Morgan fingerprint density at radius 1 is 0.500 bits per heavy atom. The number of rotatable bonds is 47. The largest absolute Gasteiger partial charge is 0.472 e. The van der Waals surface area contributed by atoms with Gasteiger partial charge in [-0.15, -0.1) is 0 Å². The van der Waals surface area contributed by atoms with Gasteiger partial charge in [0, 0.05) is 19.4 Å². The van der Waals surface area contributed by atoms with Crippen molar-refractivity contribution in [1.29, 1.82) is 0 Å². The van der Waals surface area contributed by atoms with Gasteiger partial charge in [-0.25, -0.2) is 4.57 Å². The lowest BCUT2D eigenvalue weighted by atomic mass is 10.0. The Kier molecular flexibility index (Phi) is 44.3. The number of hydrogen-bond donors (Lipinski definition) is 2. The molecule has 344 valence electrons. The zero-order chi connectivity index (χ0) is 42.5. The average molecular weight is 844 g/mol. The molecule has 9 nitrogen and oxygen atoms in total. The summed E-state index contributed by atoms with van der Waals surface area (Å²) in [6.45, 7) is 3.78. The molecular formula is C48H94NO8P. The Bertz CT molecular complexity index is 964. The van der Waals surface area contributed by atoms with Gasteiger partial charge >= 0.3 is 19.8 Å². The van der Waals surface area contributed by atoms with E-state index in [0.717, 1.165) is 38.5 Å². The third-order valence-corrected chi connectivity index (χ3v) is 11.9. The summed E-state index contributed by atoms with van der Waals surface area (Å²) in [6, 6.07) is 0. The van der Waals surface area contributed by atoms with E-state index in [0.29, 0.717) is 6.42 Å². The topological polar surface area (TPSA) is 134 Å². The molecule has 0 aromatic carbocycles. The first-order valence-corrected chi connectivity index (χ1v) is 26.2. The van der Waals surface area contributed by atoms with Gasteiger partial charge in [0.15, 0.2) is 6.10 Å². The molecule has 0 radical (unpaired) electrons. The fraction of sp³-hybridized carbons (Fsp3) is 0.917. The van der Waals surface area contributed by atoms with E-state index in [4.69, 9.17) is 24.3 Å². The normalized spacial score (nSPS) is 13.2. The lowest BCUT2D eigenvalue weighted by molar-refractivity contribution is -0.161. The second-order valence-electron chi connectivity index (χ2n) is 16.7. The summed E-state index contributed by atoms with van der Waals surface area (Å²) in [4.78, 5) is 35.0. The second-order valence-corrected chi connectivity index (χ2v) is 18.1. The van der Waals surface area contributed by atoms with E-state index >= 15 is 0 Å². The predicted octanol–water partition coefficient (Wildman–Crippen LogP) is 14.6. The molecule has 2 atom stereocenters. The molecular weight excluding hydrogens is 750 g/mol. The van der Waals surface area contributed by atoms with Gasteiger partial charge in [-0.1, -0.05) is 212 Å². The number of esters is 2. The summed E-state index contributed by atoms with van der Waals surface area (Å²) in [6.07, 6.45) is 48.1. The summed E-state index contributed by atoms with van der Waals surface area (Å²) in [5, 5.41) is 0. The maximum absolute atomic E-state index is 12.6. The monoisotopic (exact) mass is 844 g/mol. The van der Waals surface area contributed by atoms with Gasteiger partial charge in [0.1, 0.15) is 6.61 Å². The number of carbonyl (C=O) groups is 2. The number of ether oxygens (including phenoxy) is 2. The van der Waals surface area contributed by atoms with Crippen LogP contribution in [-0.2, 0) is 32.7 Å². The number of nitrogens with two attached hydrogens (primary N) is 1. The SMILES string of the molecule is CCCCCCCC/C=C\CCCCCCCCCCCC(=O)OC(COC(=O)CCCCCCCCCCCCCCCCCCCC)COP(=O)(O)OCCN. The third-order valence-electron chi connectivity index (χ3n) is 10.9. The molecule has 0 aromatic rings. The van der Waals surface area contributed by atoms with Crippen LogP contribution >= 0.6 is 7.82 Å². The van der Waals surface area contributed by atoms with E-state index in [1.54, 1.807) is 0 Å². The first kappa shape index (κ1) is 56.8. The standard InChI is InChI=1S/C48H94NO8P/c1-3-5-7-9-11-13-15-17-19-21-23-25-27-29-31-33-35-37-39-41-48(51)57-46(45-56-58(52,53)55-43-42-49)44-54-47(50)40-38-36-34-32-30-28-26-24-22-20-18-16-14-12-10-8-6-4-2/h17,19,46H,3-16,18,20-45,49H2,1-2H3,(H,52,53)/b19-17-. The van der Waals surface area contributed by atoms with E-state index in [1.165, 1.54) is 180 Å². The van der Waals surface area contributed by atoms with Crippen molar-refractivity contribution in [3.8, 4) is 0 Å². The third kappa shape index (κ3) is 44.3. The molecule has 58 heavy (non-hydrogen) atoms. The van der Waals surface area contributed by atoms with Crippen molar-refractivity contribution >= 4 is 19.8 Å². The molecule has 0 rings (SSSR count). The molecule has 3 N–H and O–H groups in total. The number of phosphoric ester groups is 1. The van der Waals surface area contributed by atoms with Gasteiger partial charge in [-0.05, 0) is 38.5 Å². The minimum absolute atomic E-state index is 0.0562. The summed E-state index contributed by atoms with van der Waals surface area (Å²) < 4.78 is 32.9. The molecule has 0 aromatic heterocycles. The molecule has 2 unspecified atom stereocenters. The van der Waals surface area contributed by atoms with Crippen LogP contribution < -0.4 is 5.73 Å². The van der Waals surface area contributed by atoms with Gasteiger partial charge in [0.25, 0.3) is 0 Å². The van der Waals surface area contributed by atoms with Crippen LogP contribution in [0.25, 0.3) is 0 Å². The Labute approximate surface area is 358 Å². The van der Waals surface area contributed by atoms with Gasteiger partial charge < -0.3 is 20.1 Å². The lowest BCUT2D eigenvalue weighted by Crippen LogP contribution is -2.29. The number of allylic oxidation sites excluding steroid dienone is 2. The van der Waals surface area contributed by atoms with Crippen LogP contribution in [0.15, 0.2) is 12.2 Å². The highest BCUT2D eigenvalue weighted by atomic mass is 31.2. The first-order valence-electron chi connectivity index (χ1n) is 24.7. The molecule has 0 saturated carbocycles. The first-order chi connectivity index (χ1) is 28.3. The van der Waals surface area contributed by atoms with Crippen molar-refractivity contribution in [2.75, 3.05) is 26.4 Å². The van der Waals surface area contributed by atoms with E-state index in [9.17, 15) is 19.0 Å². The maximum atomic E-state index is 12.6. The van der Waals surface area contributed by atoms with Gasteiger partial charge in [-0.3, -0.25) is 18.6 Å². The Morgan fingerprint density at radius 3 is 1.22 bits per heavy atom. The van der Waals surface area contributed by atoms with Crippen LogP contribution in [0.5, 0.6) is 0 Å². The molecule has 0 aliphatic carbocycles. The maximum Gasteiger partial charge on any atom is 0.472 e. The summed E-state index contributed by atoms with van der Waals surface area (Å²) >= 11 is 0. The van der Waals surface area contributed by atoms with Crippen molar-refractivity contribution in [1.82, 2.24) is 0 Å². The zero-order valence-electron chi connectivity index (χ0n) is 38.1. The quantitative estimate of drug-likeness (QED) is 0.0266. The van der Waals surface area contributed by atoms with Crippen LogP contribution in [0.3, 0.4) is 0 Å². The van der Waals surface area contributed by atoms with Gasteiger partial charge in [0.2, 0.25) is 0 Å². The van der Waals surface area contributed by atoms with E-state index in [-0.39, 0.29) is 38.6 Å².